The van der Waals surface area contributed by atoms with Crippen LogP contribution in [0.3, 0.4) is 0 Å². The maximum atomic E-state index is 14.9. The van der Waals surface area contributed by atoms with Gasteiger partial charge in [-0.05, 0) is 30.3 Å². The van der Waals surface area contributed by atoms with Gasteiger partial charge < -0.3 is 9.64 Å². The summed E-state index contributed by atoms with van der Waals surface area (Å²) in [4.78, 5) is 9.47. The van der Waals surface area contributed by atoms with Gasteiger partial charge in [0.1, 0.15) is 5.69 Å². The zero-order chi connectivity index (χ0) is 22.3. The molecule has 4 heterocycles. The number of fused-ring (bicyclic) bond motifs is 1. The minimum Gasteiger partial charge on any atom is -0.378 e. The van der Waals surface area contributed by atoms with Crippen LogP contribution in [0.25, 0.3) is 22.2 Å². The number of morpholine rings is 1. The van der Waals surface area contributed by atoms with Crippen LogP contribution < -0.4 is 4.90 Å². The minimum absolute atomic E-state index is 0.247. The molecule has 1 aliphatic rings. The molecule has 0 atom stereocenters. The lowest BCUT2D eigenvalue weighted by atomic mass is 10.1. The highest BCUT2D eigenvalue weighted by molar-refractivity contribution is 7.90. The van der Waals surface area contributed by atoms with Crippen molar-refractivity contribution in [3.63, 3.8) is 0 Å². The Labute approximate surface area is 183 Å². The second-order valence-electron chi connectivity index (χ2n) is 7.29. The molecule has 7 nitrogen and oxygen atoms in total. The van der Waals surface area contributed by atoms with Gasteiger partial charge in [-0.2, -0.15) is 0 Å². The van der Waals surface area contributed by atoms with Gasteiger partial charge in [-0.1, -0.05) is 6.07 Å². The van der Waals surface area contributed by atoms with Crippen LogP contribution in [0.4, 0.5) is 14.5 Å². The predicted octanol–water partition coefficient (Wildman–Crippen LogP) is 3.45. The number of nitrogens with zero attached hydrogens (tertiary/aromatic N) is 4. The maximum Gasteiger partial charge on any atom is 0.268 e. The van der Waals surface area contributed by atoms with Gasteiger partial charge in [0.15, 0.2) is 11.6 Å². The van der Waals surface area contributed by atoms with Gasteiger partial charge in [0.25, 0.3) is 10.0 Å². The fourth-order valence-electron chi connectivity index (χ4n) is 3.86. The first kappa shape index (κ1) is 20.5. The molecule has 5 rings (SSSR count). The Morgan fingerprint density at radius 1 is 1.00 bits per heavy atom. The molecule has 1 aromatic carbocycles. The minimum atomic E-state index is -4.28. The van der Waals surface area contributed by atoms with Crippen molar-refractivity contribution in [3.8, 4) is 11.3 Å². The predicted molar refractivity (Wildman–Crippen MR) is 115 cm³/mol. The number of benzene rings is 1. The molecule has 0 aliphatic carbocycles. The smallest absolute Gasteiger partial charge is 0.268 e. The molecule has 0 saturated carbocycles. The Bertz CT molecular complexity index is 1380. The van der Waals surface area contributed by atoms with E-state index >= 15 is 0 Å². The summed E-state index contributed by atoms with van der Waals surface area (Å²) in [6.07, 6.45) is 5.97. The van der Waals surface area contributed by atoms with E-state index in [1.54, 1.807) is 30.6 Å². The fourth-order valence-corrected chi connectivity index (χ4v) is 5.22. The Hall–Kier alpha value is -3.37. The van der Waals surface area contributed by atoms with Gasteiger partial charge in [0.05, 0.1) is 35.5 Å². The van der Waals surface area contributed by atoms with Crippen molar-refractivity contribution in [3.05, 3.63) is 72.8 Å². The summed E-state index contributed by atoms with van der Waals surface area (Å²) >= 11 is 0. The molecule has 0 spiro atoms. The molecule has 1 fully saturated rings. The summed E-state index contributed by atoms with van der Waals surface area (Å²) in [5.41, 5.74) is 1.32. The van der Waals surface area contributed by atoms with Gasteiger partial charge in [-0.15, -0.1) is 0 Å². The zero-order valence-corrected chi connectivity index (χ0v) is 17.6. The third-order valence-corrected chi connectivity index (χ3v) is 7.06. The van der Waals surface area contributed by atoms with Gasteiger partial charge in [-0.25, -0.2) is 21.2 Å². The number of hydrogen-bond acceptors (Lipinski definition) is 6. The Morgan fingerprint density at radius 3 is 2.44 bits per heavy atom. The molecule has 4 aromatic rings. The summed E-state index contributed by atoms with van der Waals surface area (Å²) in [5, 5.41) is 0.605. The average molecular weight is 456 g/mol. The molecule has 0 radical (unpaired) electrons. The molecular formula is C22H18F2N4O3S. The quantitative estimate of drug-likeness (QED) is 0.468. The normalized spacial score (nSPS) is 14.8. The van der Waals surface area contributed by atoms with Crippen molar-refractivity contribution in [2.45, 2.75) is 4.90 Å². The van der Waals surface area contributed by atoms with Gasteiger partial charge in [0.2, 0.25) is 0 Å². The number of aromatic nitrogens is 3. The van der Waals surface area contributed by atoms with Crippen molar-refractivity contribution < 1.29 is 21.9 Å². The highest BCUT2D eigenvalue weighted by atomic mass is 32.2. The van der Waals surface area contributed by atoms with Crippen molar-refractivity contribution >= 4 is 26.6 Å². The number of anilines is 1. The van der Waals surface area contributed by atoms with E-state index in [0.717, 1.165) is 16.1 Å². The highest BCUT2D eigenvalue weighted by Gasteiger charge is 2.26. The number of ether oxygens (including phenoxy) is 1. The van der Waals surface area contributed by atoms with Crippen molar-refractivity contribution in [2.24, 2.45) is 0 Å². The molecule has 1 saturated heterocycles. The van der Waals surface area contributed by atoms with E-state index in [0.29, 0.717) is 42.9 Å². The van der Waals surface area contributed by atoms with E-state index < -0.39 is 26.6 Å². The lowest BCUT2D eigenvalue weighted by Gasteiger charge is -2.29. The third kappa shape index (κ3) is 3.41. The van der Waals surface area contributed by atoms with E-state index in [2.05, 4.69) is 9.97 Å². The van der Waals surface area contributed by atoms with Crippen LogP contribution in [0.5, 0.6) is 0 Å². The van der Waals surface area contributed by atoms with Gasteiger partial charge in [0, 0.05) is 42.6 Å². The van der Waals surface area contributed by atoms with Crippen LogP contribution in [0.1, 0.15) is 0 Å². The van der Waals surface area contributed by atoms with Crippen LogP contribution in [0.2, 0.25) is 0 Å². The SMILES string of the molecule is O=S(=O)(c1cc(F)c(N2CCOCC2)c(F)c1)n1ccc2c(-c3ccccn3)cncc21. The monoisotopic (exact) mass is 456 g/mol. The molecular weight excluding hydrogens is 438 g/mol. The van der Waals surface area contributed by atoms with Crippen LogP contribution in [0.15, 0.2) is 66.1 Å². The van der Waals surface area contributed by atoms with E-state index in [1.165, 1.54) is 17.3 Å². The summed E-state index contributed by atoms with van der Waals surface area (Å²) < 4.78 is 62.5. The number of rotatable bonds is 4. The topological polar surface area (TPSA) is 77.3 Å². The molecule has 164 valence electrons. The van der Waals surface area contributed by atoms with Crippen molar-refractivity contribution in [1.29, 1.82) is 0 Å². The van der Waals surface area contributed by atoms with Gasteiger partial charge >= 0.3 is 0 Å². The lowest BCUT2D eigenvalue weighted by molar-refractivity contribution is 0.122. The number of halogens is 2. The number of pyridine rings is 2. The molecule has 0 N–H and O–H groups in total. The number of hydrogen-bond donors (Lipinski definition) is 0. The Balaban J connectivity index is 1.60. The first-order valence-corrected chi connectivity index (χ1v) is 11.3. The first-order chi connectivity index (χ1) is 15.5. The molecule has 1 aliphatic heterocycles. The van der Waals surface area contributed by atoms with E-state index in [1.807, 2.05) is 6.07 Å². The van der Waals surface area contributed by atoms with Crippen molar-refractivity contribution in [1.82, 2.24) is 13.9 Å². The second-order valence-corrected chi connectivity index (χ2v) is 9.10. The molecule has 32 heavy (non-hydrogen) atoms. The van der Waals surface area contributed by atoms with E-state index in [4.69, 9.17) is 4.74 Å². The maximum absolute atomic E-state index is 14.9. The van der Waals surface area contributed by atoms with E-state index in [-0.39, 0.29) is 11.2 Å². The Kier molecular flexibility index (Phi) is 5.10. The summed E-state index contributed by atoms with van der Waals surface area (Å²) in [7, 11) is -4.28. The second kappa shape index (κ2) is 7.95. The average Bonchev–Trinajstić information content (AvgIpc) is 3.25. The van der Waals surface area contributed by atoms with E-state index in [9.17, 15) is 17.2 Å². The van der Waals surface area contributed by atoms with Crippen LogP contribution in [0, 0.1) is 11.6 Å². The Morgan fingerprint density at radius 2 is 1.75 bits per heavy atom. The summed E-state index contributed by atoms with van der Waals surface area (Å²) in [5.74, 6) is -1.87. The summed E-state index contributed by atoms with van der Waals surface area (Å²) in [6.45, 7) is 1.34. The molecule has 0 bridgehead atoms. The van der Waals surface area contributed by atoms with Crippen LogP contribution in [-0.2, 0) is 14.8 Å². The standard InChI is InChI=1S/C22H18F2N4O3S/c23-18-11-15(12-19(24)22(18)27-7-9-31-10-8-27)32(29,30)28-6-4-16-17(13-25-14-21(16)28)20-3-1-2-5-26-20/h1-6,11-14H,7-10H2. The van der Waals surface area contributed by atoms with Crippen LogP contribution >= 0.6 is 0 Å². The fraction of sp³-hybridized carbons (Fsp3) is 0.182. The van der Waals surface area contributed by atoms with Gasteiger partial charge in [-0.3, -0.25) is 9.97 Å². The van der Waals surface area contributed by atoms with Crippen molar-refractivity contribution in [2.75, 3.05) is 31.2 Å². The molecule has 3 aromatic heterocycles. The molecule has 10 heteroatoms. The first-order valence-electron chi connectivity index (χ1n) is 9.90. The largest absolute Gasteiger partial charge is 0.378 e. The third-order valence-electron chi connectivity index (χ3n) is 5.40. The highest BCUT2D eigenvalue weighted by Crippen LogP contribution is 2.32. The zero-order valence-electron chi connectivity index (χ0n) is 16.8. The molecule has 0 amide bonds. The summed E-state index contributed by atoms with van der Waals surface area (Å²) in [6, 6.07) is 8.70. The molecule has 0 unspecified atom stereocenters. The van der Waals surface area contributed by atoms with Crippen LogP contribution in [-0.4, -0.2) is 48.7 Å². The lowest BCUT2D eigenvalue weighted by Crippen LogP contribution is -2.37.